The molecule has 2 heterocycles. The number of rotatable bonds is 3. The van der Waals surface area contributed by atoms with Gasteiger partial charge in [0.1, 0.15) is 5.41 Å². The van der Waals surface area contributed by atoms with Gasteiger partial charge >= 0.3 is 0 Å². The fourth-order valence-electron chi connectivity index (χ4n) is 3.31. The lowest BCUT2D eigenvalue weighted by atomic mass is 9.79. The molecule has 1 aromatic rings. The van der Waals surface area contributed by atoms with Gasteiger partial charge in [-0.15, -0.1) is 0 Å². The van der Waals surface area contributed by atoms with Gasteiger partial charge in [-0.2, -0.15) is 5.26 Å². The third-order valence-electron chi connectivity index (χ3n) is 4.96. The van der Waals surface area contributed by atoms with Gasteiger partial charge in [-0.1, -0.05) is 30.7 Å². The molecule has 0 radical (unpaired) electrons. The Kier molecular flexibility index (Phi) is 4.12. The number of carbonyl (C=O) groups excluding carboxylic acids is 1. The van der Waals surface area contributed by atoms with Gasteiger partial charge < -0.3 is 10.2 Å². The highest BCUT2D eigenvalue weighted by molar-refractivity contribution is 6.30. The van der Waals surface area contributed by atoms with Crippen molar-refractivity contribution in [3.8, 4) is 6.07 Å². The SMILES string of the molecule is C[C@H](c1ccc(Cl)cc1)C1CN1C(=O)C1(C#N)CCNCC1. The Labute approximate surface area is 136 Å². The first-order valence-corrected chi connectivity index (χ1v) is 8.14. The maximum absolute atomic E-state index is 12.8. The van der Waals surface area contributed by atoms with Crippen molar-refractivity contribution in [1.29, 1.82) is 5.26 Å². The van der Waals surface area contributed by atoms with Crippen LogP contribution in [0.3, 0.4) is 0 Å². The van der Waals surface area contributed by atoms with Crippen LogP contribution in [0.15, 0.2) is 24.3 Å². The normalized spacial score (nSPS) is 24.4. The molecule has 2 aliphatic rings. The largest absolute Gasteiger partial charge is 0.334 e. The highest BCUT2D eigenvalue weighted by Crippen LogP contribution is 2.39. The van der Waals surface area contributed by atoms with Crippen molar-refractivity contribution in [2.24, 2.45) is 5.41 Å². The summed E-state index contributed by atoms with van der Waals surface area (Å²) in [6.07, 6.45) is 1.22. The average molecular weight is 318 g/mol. The molecule has 2 aliphatic heterocycles. The van der Waals surface area contributed by atoms with Crippen LogP contribution in [0.1, 0.15) is 31.2 Å². The second-order valence-corrected chi connectivity index (χ2v) is 6.75. The molecule has 0 spiro atoms. The molecule has 2 fully saturated rings. The van der Waals surface area contributed by atoms with Crippen molar-refractivity contribution in [2.75, 3.05) is 19.6 Å². The molecule has 1 unspecified atom stereocenters. The Morgan fingerprint density at radius 1 is 1.41 bits per heavy atom. The second kappa shape index (κ2) is 5.91. The van der Waals surface area contributed by atoms with Crippen LogP contribution in [-0.2, 0) is 4.79 Å². The van der Waals surface area contributed by atoms with Gasteiger partial charge in [-0.25, -0.2) is 0 Å². The molecular weight excluding hydrogens is 298 g/mol. The first-order chi connectivity index (χ1) is 10.6. The van der Waals surface area contributed by atoms with Gasteiger partial charge in [-0.3, -0.25) is 4.79 Å². The number of hydrogen-bond acceptors (Lipinski definition) is 3. The van der Waals surface area contributed by atoms with Crippen molar-refractivity contribution in [3.63, 3.8) is 0 Å². The Bertz CT molecular complexity index is 601. The Morgan fingerprint density at radius 3 is 2.64 bits per heavy atom. The maximum atomic E-state index is 12.8. The minimum atomic E-state index is -0.820. The minimum Gasteiger partial charge on any atom is -0.334 e. The van der Waals surface area contributed by atoms with E-state index in [2.05, 4.69) is 18.3 Å². The van der Waals surface area contributed by atoms with Gasteiger partial charge in [0.2, 0.25) is 5.91 Å². The quantitative estimate of drug-likeness (QED) is 0.872. The van der Waals surface area contributed by atoms with E-state index < -0.39 is 5.41 Å². The Balaban J connectivity index is 1.69. The summed E-state index contributed by atoms with van der Waals surface area (Å²) in [6, 6.07) is 10.3. The molecule has 2 atom stereocenters. The number of halogens is 1. The third kappa shape index (κ3) is 2.71. The lowest BCUT2D eigenvalue weighted by molar-refractivity contribution is -0.135. The number of carbonyl (C=O) groups is 1. The van der Waals surface area contributed by atoms with Crippen LogP contribution in [0.4, 0.5) is 0 Å². The molecule has 1 aromatic carbocycles. The second-order valence-electron chi connectivity index (χ2n) is 6.31. The number of piperidine rings is 1. The van der Waals surface area contributed by atoms with Crippen LogP contribution in [0.25, 0.3) is 0 Å². The molecule has 2 saturated heterocycles. The van der Waals surface area contributed by atoms with E-state index in [0.717, 1.165) is 24.7 Å². The minimum absolute atomic E-state index is 0.0160. The van der Waals surface area contributed by atoms with Crippen LogP contribution >= 0.6 is 11.6 Å². The van der Waals surface area contributed by atoms with Crippen molar-refractivity contribution < 1.29 is 4.79 Å². The average Bonchev–Trinajstić information content (AvgIpc) is 3.35. The van der Waals surface area contributed by atoms with E-state index >= 15 is 0 Å². The van der Waals surface area contributed by atoms with Crippen LogP contribution in [-0.4, -0.2) is 36.5 Å². The molecule has 1 amide bonds. The van der Waals surface area contributed by atoms with Gasteiger partial charge in [0, 0.05) is 17.5 Å². The fourth-order valence-corrected chi connectivity index (χ4v) is 3.43. The standard InChI is InChI=1S/C17H20ClN3O/c1-12(13-2-4-14(18)5-3-13)15-10-21(15)16(22)17(11-19)6-8-20-9-7-17/h2-5,12,15,20H,6-10H2,1H3/t12-,15?,21?/m1/s1. The van der Waals surface area contributed by atoms with E-state index in [0.29, 0.717) is 12.8 Å². The van der Waals surface area contributed by atoms with Gasteiger partial charge in [0.25, 0.3) is 0 Å². The molecule has 5 heteroatoms. The zero-order chi connectivity index (χ0) is 15.7. The lowest BCUT2D eigenvalue weighted by Crippen LogP contribution is -2.44. The van der Waals surface area contributed by atoms with E-state index in [1.54, 1.807) is 0 Å². The summed E-state index contributed by atoms with van der Waals surface area (Å²) in [5.41, 5.74) is 0.362. The maximum Gasteiger partial charge on any atom is 0.243 e. The smallest absolute Gasteiger partial charge is 0.243 e. The highest BCUT2D eigenvalue weighted by Gasteiger charge is 2.51. The molecule has 0 aromatic heterocycles. The molecule has 22 heavy (non-hydrogen) atoms. The summed E-state index contributed by atoms with van der Waals surface area (Å²) in [5.74, 6) is 0.279. The lowest BCUT2D eigenvalue weighted by Gasteiger charge is -2.30. The molecule has 4 nitrogen and oxygen atoms in total. The topological polar surface area (TPSA) is 55.9 Å². The molecule has 116 valence electrons. The number of amides is 1. The zero-order valence-corrected chi connectivity index (χ0v) is 13.4. The third-order valence-corrected chi connectivity index (χ3v) is 5.22. The number of nitrogens with zero attached hydrogens (tertiary/aromatic N) is 2. The van der Waals surface area contributed by atoms with Crippen LogP contribution in [0, 0.1) is 16.7 Å². The van der Waals surface area contributed by atoms with E-state index in [1.165, 1.54) is 5.56 Å². The molecular formula is C17H20ClN3O. The number of nitriles is 1. The summed E-state index contributed by atoms with van der Waals surface area (Å²) >= 11 is 5.92. The highest BCUT2D eigenvalue weighted by atomic mass is 35.5. The Hall–Kier alpha value is -1.57. The zero-order valence-electron chi connectivity index (χ0n) is 12.7. The molecule has 0 aliphatic carbocycles. The molecule has 0 saturated carbocycles. The van der Waals surface area contributed by atoms with Crippen molar-refractivity contribution in [1.82, 2.24) is 10.2 Å². The monoisotopic (exact) mass is 317 g/mol. The van der Waals surface area contributed by atoms with E-state index in [4.69, 9.17) is 11.6 Å². The first-order valence-electron chi connectivity index (χ1n) is 7.76. The van der Waals surface area contributed by atoms with E-state index in [-0.39, 0.29) is 17.9 Å². The van der Waals surface area contributed by atoms with Crippen molar-refractivity contribution >= 4 is 17.5 Å². The number of benzene rings is 1. The molecule has 3 rings (SSSR count). The summed E-state index contributed by atoms with van der Waals surface area (Å²) < 4.78 is 0. The summed E-state index contributed by atoms with van der Waals surface area (Å²) in [4.78, 5) is 14.6. The van der Waals surface area contributed by atoms with Gasteiger partial charge in [0.05, 0.1) is 12.1 Å². The van der Waals surface area contributed by atoms with Crippen molar-refractivity contribution in [3.05, 3.63) is 34.9 Å². The molecule has 1 N–H and O–H groups in total. The molecule has 0 bridgehead atoms. The summed E-state index contributed by atoms with van der Waals surface area (Å²) in [5, 5.41) is 13.5. The van der Waals surface area contributed by atoms with E-state index in [1.807, 2.05) is 29.2 Å². The van der Waals surface area contributed by atoms with Crippen LogP contribution < -0.4 is 5.32 Å². The summed E-state index contributed by atoms with van der Waals surface area (Å²) in [6.45, 7) is 4.36. The Morgan fingerprint density at radius 2 is 2.05 bits per heavy atom. The van der Waals surface area contributed by atoms with Gasteiger partial charge in [-0.05, 0) is 43.6 Å². The number of nitrogens with one attached hydrogen (secondary N) is 1. The van der Waals surface area contributed by atoms with Crippen molar-refractivity contribution in [2.45, 2.75) is 31.7 Å². The van der Waals surface area contributed by atoms with E-state index in [9.17, 15) is 10.1 Å². The predicted octanol–water partition coefficient (Wildman–Crippen LogP) is 2.55. The fraction of sp³-hybridized carbons (Fsp3) is 0.529. The number of hydrogen-bond donors (Lipinski definition) is 1. The van der Waals surface area contributed by atoms with Gasteiger partial charge in [0.15, 0.2) is 0 Å². The predicted molar refractivity (Wildman–Crippen MR) is 85.5 cm³/mol. The van der Waals surface area contributed by atoms with Crippen LogP contribution in [0.5, 0.6) is 0 Å². The first kappa shape index (κ1) is 15.3. The summed E-state index contributed by atoms with van der Waals surface area (Å²) in [7, 11) is 0. The van der Waals surface area contributed by atoms with Crippen LogP contribution in [0.2, 0.25) is 5.02 Å².